The van der Waals surface area contributed by atoms with Crippen molar-refractivity contribution in [2.75, 3.05) is 7.11 Å². The molecule has 0 rings (SSSR count). The maximum absolute atomic E-state index is 4.97. The Kier molecular flexibility index (Phi) is 10.9. The molecule has 0 aliphatic rings. The lowest BCUT2D eigenvalue weighted by atomic mass is 10.1. The molecular formula is C12H24OS. The van der Waals surface area contributed by atoms with Crippen molar-refractivity contribution >= 4 is 17.3 Å². The van der Waals surface area contributed by atoms with E-state index in [9.17, 15) is 0 Å². The van der Waals surface area contributed by atoms with Crippen LogP contribution in [0.4, 0.5) is 0 Å². The molecule has 0 aromatic rings. The third-order valence-electron chi connectivity index (χ3n) is 2.46. The summed E-state index contributed by atoms with van der Waals surface area (Å²) in [6.07, 6.45) is 11.7. The number of ether oxygens (including phenoxy) is 1. The highest BCUT2D eigenvalue weighted by atomic mass is 32.1. The second-order valence-corrected chi connectivity index (χ2v) is 4.26. The van der Waals surface area contributed by atoms with Gasteiger partial charge in [0.15, 0.2) is 5.05 Å². The van der Waals surface area contributed by atoms with E-state index in [1.165, 1.54) is 51.4 Å². The normalized spacial score (nSPS) is 10.1. The summed E-state index contributed by atoms with van der Waals surface area (Å²) in [7, 11) is 1.66. The summed E-state index contributed by atoms with van der Waals surface area (Å²) in [5.41, 5.74) is 0. The molecule has 2 heteroatoms. The molecule has 0 aromatic heterocycles. The smallest absolute Gasteiger partial charge is 0.159 e. The van der Waals surface area contributed by atoms with Gasteiger partial charge in [0, 0.05) is 6.42 Å². The van der Waals surface area contributed by atoms with E-state index in [-0.39, 0.29) is 0 Å². The van der Waals surface area contributed by atoms with E-state index in [1.54, 1.807) is 7.11 Å². The predicted octanol–water partition coefficient (Wildman–Crippen LogP) is 4.49. The molecule has 0 spiro atoms. The second kappa shape index (κ2) is 11.0. The summed E-state index contributed by atoms with van der Waals surface area (Å²) in [4.78, 5) is 0. The zero-order chi connectivity index (χ0) is 10.6. The largest absolute Gasteiger partial charge is 0.490 e. The molecule has 0 aromatic carbocycles. The van der Waals surface area contributed by atoms with Gasteiger partial charge < -0.3 is 4.74 Å². The monoisotopic (exact) mass is 216 g/mol. The molecule has 0 atom stereocenters. The van der Waals surface area contributed by atoms with Crippen molar-refractivity contribution in [1.29, 1.82) is 0 Å². The minimum Gasteiger partial charge on any atom is -0.490 e. The van der Waals surface area contributed by atoms with Crippen LogP contribution in [0.25, 0.3) is 0 Å². The molecule has 0 radical (unpaired) electrons. The molecule has 84 valence electrons. The number of unbranched alkanes of at least 4 members (excludes halogenated alkanes) is 7. The van der Waals surface area contributed by atoms with Crippen molar-refractivity contribution in [2.45, 2.75) is 64.7 Å². The van der Waals surface area contributed by atoms with E-state index in [1.807, 2.05) is 0 Å². The van der Waals surface area contributed by atoms with Gasteiger partial charge in [0.25, 0.3) is 0 Å². The molecular weight excluding hydrogens is 192 g/mol. The predicted molar refractivity (Wildman–Crippen MR) is 66.8 cm³/mol. The summed E-state index contributed by atoms with van der Waals surface area (Å²) in [6.45, 7) is 2.26. The first-order chi connectivity index (χ1) is 6.81. The average Bonchev–Trinajstić information content (AvgIpc) is 2.21. The van der Waals surface area contributed by atoms with E-state index in [4.69, 9.17) is 17.0 Å². The van der Waals surface area contributed by atoms with Crippen molar-refractivity contribution in [3.63, 3.8) is 0 Å². The second-order valence-electron chi connectivity index (χ2n) is 3.80. The van der Waals surface area contributed by atoms with Crippen molar-refractivity contribution in [2.24, 2.45) is 0 Å². The maximum atomic E-state index is 4.97. The van der Waals surface area contributed by atoms with E-state index < -0.39 is 0 Å². The van der Waals surface area contributed by atoms with Gasteiger partial charge in [-0.05, 0) is 18.6 Å². The maximum Gasteiger partial charge on any atom is 0.159 e. The Labute approximate surface area is 94.2 Å². The lowest BCUT2D eigenvalue weighted by molar-refractivity contribution is 0.399. The Morgan fingerprint density at radius 1 is 0.929 bits per heavy atom. The molecule has 14 heavy (non-hydrogen) atoms. The van der Waals surface area contributed by atoms with Crippen molar-refractivity contribution in [1.82, 2.24) is 0 Å². The SMILES string of the molecule is CCCCCCCCCCC(=S)OC. The number of thiocarbonyl (C=S) groups is 1. The van der Waals surface area contributed by atoms with Crippen LogP contribution >= 0.6 is 12.2 Å². The van der Waals surface area contributed by atoms with Crippen LogP contribution in [0.2, 0.25) is 0 Å². The minimum atomic E-state index is 0.760. The van der Waals surface area contributed by atoms with Gasteiger partial charge in [0.05, 0.1) is 7.11 Å². The van der Waals surface area contributed by atoms with Crippen LogP contribution < -0.4 is 0 Å². The summed E-state index contributed by atoms with van der Waals surface area (Å²) in [5.74, 6) is 0. The van der Waals surface area contributed by atoms with Gasteiger partial charge in [0.2, 0.25) is 0 Å². The van der Waals surface area contributed by atoms with Crippen LogP contribution in [0.15, 0.2) is 0 Å². The molecule has 0 heterocycles. The molecule has 0 saturated carbocycles. The van der Waals surface area contributed by atoms with Crippen LogP contribution in [-0.4, -0.2) is 12.2 Å². The Morgan fingerprint density at radius 3 is 1.93 bits per heavy atom. The number of rotatable bonds is 9. The zero-order valence-corrected chi connectivity index (χ0v) is 10.5. The lowest BCUT2D eigenvalue weighted by Crippen LogP contribution is -1.96. The zero-order valence-electron chi connectivity index (χ0n) is 9.68. The number of hydrogen-bond donors (Lipinski definition) is 0. The topological polar surface area (TPSA) is 9.23 Å². The van der Waals surface area contributed by atoms with E-state index in [0.29, 0.717) is 0 Å². The van der Waals surface area contributed by atoms with Crippen LogP contribution in [0.1, 0.15) is 64.7 Å². The van der Waals surface area contributed by atoms with Gasteiger partial charge in [-0.15, -0.1) is 0 Å². The van der Waals surface area contributed by atoms with Crippen LogP contribution in [0, 0.1) is 0 Å². The third-order valence-corrected chi connectivity index (χ3v) is 2.83. The first kappa shape index (κ1) is 13.9. The van der Waals surface area contributed by atoms with Crippen molar-refractivity contribution in [3.8, 4) is 0 Å². The van der Waals surface area contributed by atoms with Gasteiger partial charge in [-0.25, -0.2) is 0 Å². The van der Waals surface area contributed by atoms with Gasteiger partial charge in [-0.1, -0.05) is 51.9 Å². The molecule has 0 unspecified atom stereocenters. The van der Waals surface area contributed by atoms with Crippen LogP contribution in [-0.2, 0) is 4.74 Å². The third kappa shape index (κ3) is 9.97. The molecule has 0 N–H and O–H groups in total. The van der Waals surface area contributed by atoms with Crippen molar-refractivity contribution < 1.29 is 4.74 Å². The fourth-order valence-corrected chi connectivity index (χ4v) is 1.65. The molecule has 0 aliphatic carbocycles. The Hall–Kier alpha value is -0.110. The van der Waals surface area contributed by atoms with E-state index in [2.05, 4.69) is 6.92 Å². The molecule has 1 nitrogen and oxygen atoms in total. The van der Waals surface area contributed by atoms with Gasteiger partial charge >= 0.3 is 0 Å². The summed E-state index contributed by atoms with van der Waals surface area (Å²) >= 11 is 4.97. The molecule has 0 aliphatic heterocycles. The van der Waals surface area contributed by atoms with Gasteiger partial charge in [-0.3, -0.25) is 0 Å². The highest BCUT2D eigenvalue weighted by molar-refractivity contribution is 7.80. The van der Waals surface area contributed by atoms with Crippen LogP contribution in [0.3, 0.4) is 0 Å². The quantitative estimate of drug-likeness (QED) is 0.415. The van der Waals surface area contributed by atoms with Crippen molar-refractivity contribution in [3.05, 3.63) is 0 Å². The summed E-state index contributed by atoms with van der Waals surface area (Å²) in [5, 5.41) is 0.760. The molecule has 0 fully saturated rings. The highest BCUT2D eigenvalue weighted by Gasteiger charge is 1.95. The summed E-state index contributed by atoms with van der Waals surface area (Å²) < 4.78 is 4.94. The van der Waals surface area contributed by atoms with Gasteiger partial charge in [0.1, 0.15) is 0 Å². The average molecular weight is 216 g/mol. The lowest BCUT2D eigenvalue weighted by Gasteiger charge is -2.02. The van der Waals surface area contributed by atoms with Crippen LogP contribution in [0.5, 0.6) is 0 Å². The summed E-state index contributed by atoms with van der Waals surface area (Å²) in [6, 6.07) is 0. The first-order valence-electron chi connectivity index (χ1n) is 5.88. The molecule has 0 saturated heterocycles. The van der Waals surface area contributed by atoms with Gasteiger partial charge in [-0.2, -0.15) is 0 Å². The first-order valence-corrected chi connectivity index (χ1v) is 6.29. The molecule has 0 bridgehead atoms. The fourth-order valence-electron chi connectivity index (χ4n) is 1.51. The Morgan fingerprint density at radius 2 is 1.43 bits per heavy atom. The number of hydrogen-bond acceptors (Lipinski definition) is 2. The Bertz CT molecular complexity index is 134. The van der Waals surface area contributed by atoms with E-state index >= 15 is 0 Å². The number of methoxy groups -OCH3 is 1. The molecule has 0 amide bonds. The van der Waals surface area contributed by atoms with E-state index in [0.717, 1.165) is 11.5 Å². The Balaban J connectivity index is 2.95. The standard InChI is InChI=1S/C12H24OS/c1-3-4-5-6-7-8-9-10-11-12(14)13-2/h3-11H2,1-2H3. The highest BCUT2D eigenvalue weighted by Crippen LogP contribution is 2.09. The fraction of sp³-hybridized carbons (Fsp3) is 0.917. The minimum absolute atomic E-state index is 0.760.